The van der Waals surface area contributed by atoms with E-state index >= 15 is 0 Å². The smallest absolute Gasteiger partial charge is 0.220 e. The van der Waals surface area contributed by atoms with Crippen LogP contribution < -0.4 is 5.32 Å². The molecule has 1 amide bonds. The van der Waals surface area contributed by atoms with Gasteiger partial charge < -0.3 is 10.1 Å². The van der Waals surface area contributed by atoms with Gasteiger partial charge in [0.05, 0.1) is 11.8 Å². The summed E-state index contributed by atoms with van der Waals surface area (Å²) in [6.07, 6.45) is 2.37. The molecule has 0 radical (unpaired) electrons. The van der Waals surface area contributed by atoms with Gasteiger partial charge in [-0.1, -0.05) is 0 Å². The van der Waals surface area contributed by atoms with Crippen molar-refractivity contribution in [3.8, 4) is 0 Å². The van der Waals surface area contributed by atoms with Crippen LogP contribution in [0.25, 0.3) is 0 Å². The highest BCUT2D eigenvalue weighted by Gasteiger charge is 2.11. The highest BCUT2D eigenvalue weighted by molar-refractivity contribution is 5.76. The topological polar surface area (TPSA) is 56.2 Å². The summed E-state index contributed by atoms with van der Waals surface area (Å²) in [7, 11) is 1.93. The molecule has 20 heavy (non-hydrogen) atoms. The molecule has 0 saturated carbocycles. The summed E-state index contributed by atoms with van der Waals surface area (Å²) in [5, 5.41) is 7.29. The third-order valence-electron chi connectivity index (χ3n) is 3.36. The number of hydrogen-bond acceptors (Lipinski definition) is 3. The summed E-state index contributed by atoms with van der Waals surface area (Å²) >= 11 is 0. The Balaban J connectivity index is 2.23. The summed E-state index contributed by atoms with van der Waals surface area (Å²) in [5.41, 5.74) is 3.34. The van der Waals surface area contributed by atoms with Crippen LogP contribution in [0.15, 0.2) is 0 Å². The fourth-order valence-electron chi connectivity index (χ4n) is 2.13. The lowest BCUT2D eigenvalue weighted by Gasteiger charge is -2.08. The van der Waals surface area contributed by atoms with Crippen LogP contribution in [0.4, 0.5) is 0 Å². The van der Waals surface area contributed by atoms with Crippen LogP contribution in [0.3, 0.4) is 0 Å². The number of rotatable bonds is 8. The van der Waals surface area contributed by atoms with Crippen molar-refractivity contribution >= 4 is 5.91 Å². The van der Waals surface area contributed by atoms with Gasteiger partial charge in [-0.2, -0.15) is 5.10 Å². The van der Waals surface area contributed by atoms with Crippen molar-refractivity contribution < 1.29 is 9.53 Å². The Kier molecular flexibility index (Phi) is 6.71. The summed E-state index contributed by atoms with van der Waals surface area (Å²) < 4.78 is 7.29. The number of hydrogen-bond donors (Lipinski definition) is 1. The average molecular weight is 281 g/mol. The molecule has 0 fully saturated rings. The molecule has 0 unspecified atom stereocenters. The van der Waals surface area contributed by atoms with Crippen LogP contribution in [-0.4, -0.2) is 34.9 Å². The third kappa shape index (κ3) is 5.33. The molecule has 0 bridgehead atoms. The van der Waals surface area contributed by atoms with Crippen molar-refractivity contribution in [2.75, 3.05) is 13.2 Å². The Morgan fingerprint density at radius 3 is 2.65 bits per heavy atom. The zero-order valence-electron chi connectivity index (χ0n) is 13.3. The number of aryl methyl sites for hydroxylation is 2. The lowest BCUT2D eigenvalue weighted by molar-refractivity contribution is -0.121. The SMILES string of the molecule is Cc1nn(C)c(C)c1CCC(=O)NCCCOC(C)C. The van der Waals surface area contributed by atoms with Gasteiger partial charge in [-0.15, -0.1) is 0 Å². The van der Waals surface area contributed by atoms with E-state index in [1.54, 1.807) is 0 Å². The van der Waals surface area contributed by atoms with Gasteiger partial charge in [0.2, 0.25) is 5.91 Å². The van der Waals surface area contributed by atoms with E-state index in [0.717, 1.165) is 24.2 Å². The van der Waals surface area contributed by atoms with E-state index in [2.05, 4.69) is 10.4 Å². The first kappa shape index (κ1) is 16.7. The number of ether oxygens (including phenoxy) is 1. The molecule has 0 aliphatic heterocycles. The first-order valence-electron chi connectivity index (χ1n) is 7.29. The Labute approximate surface area is 121 Å². The Morgan fingerprint density at radius 2 is 2.10 bits per heavy atom. The molecule has 1 rings (SSSR count). The Bertz CT molecular complexity index is 439. The summed E-state index contributed by atoms with van der Waals surface area (Å²) in [5.74, 6) is 0.0946. The second-order valence-electron chi connectivity index (χ2n) is 5.40. The standard InChI is InChI=1S/C15H27N3O2/c1-11(2)20-10-6-9-16-15(19)8-7-14-12(3)17-18(5)13(14)4/h11H,6-10H2,1-5H3,(H,16,19). The molecule has 114 valence electrons. The van der Waals surface area contributed by atoms with Crippen LogP contribution in [0.1, 0.15) is 43.6 Å². The zero-order valence-corrected chi connectivity index (χ0v) is 13.3. The number of carbonyl (C=O) groups is 1. The maximum Gasteiger partial charge on any atom is 0.220 e. The molecule has 0 atom stereocenters. The van der Waals surface area contributed by atoms with Crippen LogP contribution in [0.5, 0.6) is 0 Å². The fraction of sp³-hybridized carbons (Fsp3) is 0.733. The second kappa shape index (κ2) is 8.04. The number of nitrogens with zero attached hydrogens (tertiary/aromatic N) is 2. The van der Waals surface area contributed by atoms with Gasteiger partial charge in [0, 0.05) is 32.3 Å². The van der Waals surface area contributed by atoms with Gasteiger partial charge >= 0.3 is 0 Å². The fourth-order valence-corrected chi connectivity index (χ4v) is 2.13. The first-order chi connectivity index (χ1) is 9.41. The second-order valence-corrected chi connectivity index (χ2v) is 5.40. The monoisotopic (exact) mass is 281 g/mol. The van der Waals surface area contributed by atoms with Gasteiger partial charge in [-0.05, 0) is 46.1 Å². The lowest BCUT2D eigenvalue weighted by atomic mass is 10.1. The lowest BCUT2D eigenvalue weighted by Crippen LogP contribution is -2.25. The molecule has 0 spiro atoms. The van der Waals surface area contributed by atoms with Gasteiger partial charge in [0.15, 0.2) is 0 Å². The van der Waals surface area contributed by atoms with Gasteiger partial charge in [-0.3, -0.25) is 9.48 Å². The van der Waals surface area contributed by atoms with Crippen LogP contribution in [-0.2, 0) is 23.0 Å². The normalized spacial score (nSPS) is 11.1. The Morgan fingerprint density at radius 1 is 1.40 bits per heavy atom. The Hall–Kier alpha value is -1.36. The molecule has 1 N–H and O–H groups in total. The number of aromatic nitrogens is 2. The number of amides is 1. The average Bonchev–Trinajstić information content (AvgIpc) is 2.60. The summed E-state index contributed by atoms with van der Waals surface area (Å²) in [6, 6.07) is 0. The minimum Gasteiger partial charge on any atom is -0.379 e. The van der Waals surface area contributed by atoms with E-state index in [4.69, 9.17) is 4.74 Å². The van der Waals surface area contributed by atoms with E-state index in [0.29, 0.717) is 19.6 Å². The van der Waals surface area contributed by atoms with Gasteiger partial charge in [0.1, 0.15) is 0 Å². The molecule has 0 aromatic carbocycles. The quantitative estimate of drug-likeness (QED) is 0.740. The zero-order chi connectivity index (χ0) is 15.1. The molecule has 5 heteroatoms. The predicted octanol–water partition coefficient (Wildman–Crippen LogP) is 1.90. The van der Waals surface area contributed by atoms with Crippen molar-refractivity contribution in [2.24, 2.45) is 7.05 Å². The molecule has 0 saturated heterocycles. The van der Waals surface area contributed by atoms with Crippen LogP contribution in [0, 0.1) is 13.8 Å². The van der Waals surface area contributed by atoms with Crippen molar-refractivity contribution in [1.82, 2.24) is 15.1 Å². The predicted molar refractivity (Wildman–Crippen MR) is 79.7 cm³/mol. The molecule has 1 aromatic heterocycles. The minimum atomic E-state index is 0.0946. The molecule has 1 aromatic rings. The summed E-state index contributed by atoms with van der Waals surface area (Å²) in [4.78, 5) is 11.8. The molecule has 0 aliphatic carbocycles. The van der Waals surface area contributed by atoms with E-state index in [9.17, 15) is 4.79 Å². The van der Waals surface area contributed by atoms with E-state index < -0.39 is 0 Å². The molecule has 1 heterocycles. The van der Waals surface area contributed by atoms with Crippen molar-refractivity contribution in [1.29, 1.82) is 0 Å². The largest absolute Gasteiger partial charge is 0.379 e. The molecule has 0 aliphatic rings. The molecular weight excluding hydrogens is 254 g/mol. The first-order valence-corrected chi connectivity index (χ1v) is 7.29. The number of nitrogens with one attached hydrogen (secondary N) is 1. The third-order valence-corrected chi connectivity index (χ3v) is 3.36. The van der Waals surface area contributed by atoms with Crippen LogP contribution in [0.2, 0.25) is 0 Å². The van der Waals surface area contributed by atoms with Crippen molar-refractivity contribution in [3.05, 3.63) is 17.0 Å². The summed E-state index contributed by atoms with van der Waals surface area (Å²) in [6.45, 7) is 9.42. The van der Waals surface area contributed by atoms with E-state index in [1.807, 2.05) is 39.4 Å². The van der Waals surface area contributed by atoms with Gasteiger partial charge in [0.25, 0.3) is 0 Å². The maximum atomic E-state index is 11.8. The maximum absolute atomic E-state index is 11.8. The van der Waals surface area contributed by atoms with Crippen LogP contribution >= 0.6 is 0 Å². The highest BCUT2D eigenvalue weighted by Crippen LogP contribution is 2.13. The van der Waals surface area contributed by atoms with Crippen molar-refractivity contribution in [2.45, 2.75) is 53.1 Å². The van der Waals surface area contributed by atoms with E-state index in [1.165, 1.54) is 5.56 Å². The minimum absolute atomic E-state index is 0.0946. The van der Waals surface area contributed by atoms with E-state index in [-0.39, 0.29) is 12.0 Å². The highest BCUT2D eigenvalue weighted by atomic mass is 16.5. The molecular formula is C15H27N3O2. The number of carbonyl (C=O) groups excluding carboxylic acids is 1. The molecule has 5 nitrogen and oxygen atoms in total. The van der Waals surface area contributed by atoms with Crippen molar-refractivity contribution in [3.63, 3.8) is 0 Å². The van der Waals surface area contributed by atoms with Gasteiger partial charge in [-0.25, -0.2) is 0 Å².